The summed E-state index contributed by atoms with van der Waals surface area (Å²) in [6.45, 7) is 1.83. The lowest BCUT2D eigenvalue weighted by molar-refractivity contribution is 0.164. The van der Waals surface area contributed by atoms with Crippen LogP contribution in [0.2, 0.25) is 0 Å². The fourth-order valence-corrected chi connectivity index (χ4v) is 3.87. The number of aliphatic hydroxyl groups excluding tert-OH is 1. The maximum absolute atomic E-state index is 10.0. The minimum atomic E-state index is -0.312. The number of hydrogen-bond donors (Lipinski definition) is 1. The van der Waals surface area contributed by atoms with E-state index in [4.69, 9.17) is 0 Å². The van der Waals surface area contributed by atoms with Gasteiger partial charge in [0.2, 0.25) is 0 Å². The molecule has 0 bridgehead atoms. The van der Waals surface area contributed by atoms with Gasteiger partial charge in [-0.3, -0.25) is 0 Å². The highest BCUT2D eigenvalue weighted by Crippen LogP contribution is 2.35. The van der Waals surface area contributed by atoms with Gasteiger partial charge in [-0.05, 0) is 34.5 Å². The molecular formula is C14H14BrNOS. The average Bonchev–Trinajstić information content (AvgIpc) is 2.79. The second-order valence-electron chi connectivity index (χ2n) is 4.52. The Morgan fingerprint density at radius 1 is 1.39 bits per heavy atom. The Balaban J connectivity index is 1.88. The zero-order valence-corrected chi connectivity index (χ0v) is 12.2. The molecule has 1 unspecified atom stereocenters. The molecule has 94 valence electrons. The topological polar surface area (TPSA) is 23.5 Å². The van der Waals surface area contributed by atoms with Crippen LogP contribution < -0.4 is 4.90 Å². The third kappa shape index (κ3) is 2.32. The molecule has 1 N–H and O–H groups in total. The van der Waals surface area contributed by atoms with Crippen molar-refractivity contribution >= 4 is 33.0 Å². The number of anilines is 1. The molecule has 4 heteroatoms. The Bertz CT molecular complexity index is 554. The molecule has 0 saturated carbocycles. The van der Waals surface area contributed by atoms with E-state index in [2.05, 4.69) is 38.3 Å². The predicted molar refractivity (Wildman–Crippen MR) is 79.1 cm³/mol. The van der Waals surface area contributed by atoms with Gasteiger partial charge in [-0.15, -0.1) is 11.3 Å². The number of fused-ring (bicyclic) bond motifs is 1. The van der Waals surface area contributed by atoms with E-state index in [9.17, 15) is 5.11 Å². The van der Waals surface area contributed by atoms with E-state index in [0.717, 1.165) is 29.5 Å². The van der Waals surface area contributed by atoms with E-state index in [1.54, 1.807) is 11.3 Å². The fourth-order valence-electron chi connectivity index (χ4n) is 2.40. The fraction of sp³-hybridized carbons (Fsp3) is 0.286. The lowest BCUT2D eigenvalue weighted by Gasteiger charge is -2.33. The molecule has 0 aliphatic carbocycles. The maximum Gasteiger partial charge on any atom is 0.0826 e. The van der Waals surface area contributed by atoms with Crippen molar-refractivity contribution < 1.29 is 5.11 Å². The third-order valence-corrected chi connectivity index (χ3v) is 4.96. The number of halogens is 1. The van der Waals surface area contributed by atoms with Crippen LogP contribution >= 0.6 is 27.3 Å². The predicted octanol–water partition coefficient (Wildman–Crippen LogP) is 3.95. The number of rotatable bonds is 2. The third-order valence-electron chi connectivity index (χ3n) is 3.28. The summed E-state index contributed by atoms with van der Waals surface area (Å²) < 4.78 is 1.15. The van der Waals surface area contributed by atoms with Gasteiger partial charge >= 0.3 is 0 Å². The van der Waals surface area contributed by atoms with Gasteiger partial charge in [0.05, 0.1) is 12.6 Å². The lowest BCUT2D eigenvalue weighted by atomic mass is 9.99. The summed E-state index contributed by atoms with van der Waals surface area (Å²) in [5.74, 6) is 0. The summed E-state index contributed by atoms with van der Waals surface area (Å²) in [6.07, 6.45) is 0.497. The Morgan fingerprint density at radius 2 is 2.22 bits per heavy atom. The molecule has 18 heavy (non-hydrogen) atoms. The molecule has 0 amide bonds. The van der Waals surface area contributed by atoms with Crippen LogP contribution in [0.25, 0.3) is 0 Å². The van der Waals surface area contributed by atoms with Crippen LogP contribution in [0.4, 0.5) is 5.69 Å². The average molecular weight is 324 g/mol. The molecule has 0 radical (unpaired) electrons. The SMILES string of the molecule is OC1CCN(Cc2cc(Br)cs2)c2ccccc21. The van der Waals surface area contributed by atoms with Crippen molar-refractivity contribution in [2.24, 2.45) is 0 Å². The van der Waals surface area contributed by atoms with E-state index < -0.39 is 0 Å². The highest BCUT2D eigenvalue weighted by atomic mass is 79.9. The first-order valence-electron chi connectivity index (χ1n) is 5.99. The van der Waals surface area contributed by atoms with Crippen molar-refractivity contribution in [2.45, 2.75) is 19.1 Å². The molecule has 0 spiro atoms. The minimum Gasteiger partial charge on any atom is -0.388 e. The number of para-hydroxylation sites is 1. The van der Waals surface area contributed by atoms with Crippen LogP contribution in [0.3, 0.4) is 0 Å². The van der Waals surface area contributed by atoms with E-state index in [-0.39, 0.29) is 6.10 Å². The monoisotopic (exact) mass is 323 g/mol. The van der Waals surface area contributed by atoms with Crippen molar-refractivity contribution in [2.75, 3.05) is 11.4 Å². The first-order chi connectivity index (χ1) is 8.74. The Hall–Kier alpha value is -0.840. The smallest absolute Gasteiger partial charge is 0.0826 e. The molecule has 1 aliphatic heterocycles. The molecule has 1 aromatic heterocycles. The molecule has 0 saturated heterocycles. The number of nitrogens with zero attached hydrogens (tertiary/aromatic N) is 1. The van der Waals surface area contributed by atoms with Crippen molar-refractivity contribution in [1.82, 2.24) is 0 Å². The van der Waals surface area contributed by atoms with E-state index in [1.165, 1.54) is 10.6 Å². The number of thiophene rings is 1. The summed E-state index contributed by atoms with van der Waals surface area (Å²) >= 11 is 5.26. The Kier molecular flexibility index (Phi) is 3.41. The quantitative estimate of drug-likeness (QED) is 0.904. The largest absolute Gasteiger partial charge is 0.388 e. The number of aliphatic hydroxyl groups is 1. The number of benzene rings is 1. The molecule has 0 fully saturated rings. The van der Waals surface area contributed by atoms with Crippen molar-refractivity contribution in [3.63, 3.8) is 0 Å². The van der Waals surface area contributed by atoms with Crippen LogP contribution in [0, 0.1) is 0 Å². The van der Waals surface area contributed by atoms with Gasteiger partial charge in [0, 0.05) is 32.5 Å². The van der Waals surface area contributed by atoms with Crippen LogP contribution in [0.1, 0.15) is 23.0 Å². The summed E-state index contributed by atoms with van der Waals surface area (Å²) in [6, 6.07) is 10.3. The van der Waals surface area contributed by atoms with Gasteiger partial charge in [-0.25, -0.2) is 0 Å². The van der Waals surface area contributed by atoms with Gasteiger partial charge in [0.15, 0.2) is 0 Å². The van der Waals surface area contributed by atoms with Gasteiger partial charge in [-0.2, -0.15) is 0 Å². The number of hydrogen-bond acceptors (Lipinski definition) is 3. The van der Waals surface area contributed by atoms with Crippen molar-refractivity contribution in [3.8, 4) is 0 Å². The maximum atomic E-state index is 10.0. The summed E-state index contributed by atoms with van der Waals surface area (Å²) in [4.78, 5) is 3.69. The zero-order chi connectivity index (χ0) is 12.5. The summed E-state index contributed by atoms with van der Waals surface area (Å²) in [5.41, 5.74) is 2.22. The normalized spacial score (nSPS) is 18.8. The first-order valence-corrected chi connectivity index (χ1v) is 7.66. The second kappa shape index (κ2) is 5.03. The highest BCUT2D eigenvalue weighted by molar-refractivity contribution is 9.10. The molecular weight excluding hydrogens is 310 g/mol. The van der Waals surface area contributed by atoms with Gasteiger partial charge in [0.1, 0.15) is 0 Å². The molecule has 2 nitrogen and oxygen atoms in total. The van der Waals surface area contributed by atoms with E-state index in [1.807, 2.05) is 18.2 Å². The van der Waals surface area contributed by atoms with E-state index in [0.29, 0.717) is 0 Å². The van der Waals surface area contributed by atoms with Crippen molar-refractivity contribution in [1.29, 1.82) is 0 Å². The molecule has 2 heterocycles. The van der Waals surface area contributed by atoms with Crippen LogP contribution in [0.15, 0.2) is 40.2 Å². The standard InChI is InChI=1S/C14H14BrNOS/c15-10-7-11(18-9-10)8-16-6-5-14(17)12-3-1-2-4-13(12)16/h1-4,7,9,14,17H,5-6,8H2. The molecule has 1 aliphatic rings. The highest BCUT2D eigenvalue weighted by Gasteiger charge is 2.23. The van der Waals surface area contributed by atoms with E-state index >= 15 is 0 Å². The van der Waals surface area contributed by atoms with Crippen LogP contribution in [0.5, 0.6) is 0 Å². The van der Waals surface area contributed by atoms with Crippen LogP contribution in [-0.2, 0) is 6.54 Å². The van der Waals surface area contributed by atoms with Gasteiger partial charge < -0.3 is 10.0 Å². The molecule has 2 aromatic rings. The molecule has 1 atom stereocenters. The minimum absolute atomic E-state index is 0.312. The first kappa shape index (κ1) is 12.2. The lowest BCUT2D eigenvalue weighted by Crippen LogP contribution is -2.30. The molecule has 3 rings (SSSR count). The second-order valence-corrected chi connectivity index (χ2v) is 6.43. The van der Waals surface area contributed by atoms with Gasteiger partial charge in [-0.1, -0.05) is 18.2 Å². The Morgan fingerprint density at radius 3 is 3.00 bits per heavy atom. The van der Waals surface area contributed by atoms with Gasteiger partial charge in [0.25, 0.3) is 0 Å². The summed E-state index contributed by atoms with van der Waals surface area (Å²) in [7, 11) is 0. The summed E-state index contributed by atoms with van der Waals surface area (Å²) in [5, 5.41) is 12.1. The molecule has 1 aromatic carbocycles. The van der Waals surface area contributed by atoms with Crippen LogP contribution in [-0.4, -0.2) is 11.7 Å². The van der Waals surface area contributed by atoms with Crippen molar-refractivity contribution in [3.05, 3.63) is 50.6 Å². The zero-order valence-electron chi connectivity index (χ0n) is 9.84. The Labute approximate surface area is 119 Å².